The monoisotopic (exact) mass is 433 g/mol. The Morgan fingerprint density at radius 3 is 2.43 bits per heavy atom. The topological polar surface area (TPSA) is 75.4 Å². The van der Waals surface area contributed by atoms with Crippen LogP contribution in [0.1, 0.15) is 67.8 Å². The van der Waals surface area contributed by atoms with Crippen molar-refractivity contribution in [3.05, 3.63) is 29.3 Å². The van der Waals surface area contributed by atoms with E-state index in [0.29, 0.717) is 23.3 Å². The number of halogens is 1. The van der Waals surface area contributed by atoms with Gasteiger partial charge in [-0.3, -0.25) is 9.59 Å². The maximum absolute atomic E-state index is 12.9. The highest BCUT2D eigenvalue weighted by atomic mass is 35.5. The summed E-state index contributed by atoms with van der Waals surface area (Å²) in [6.45, 7) is 5.85. The summed E-state index contributed by atoms with van der Waals surface area (Å²) in [5.41, 5.74) is 8.85. The van der Waals surface area contributed by atoms with Crippen LogP contribution >= 0.6 is 12.4 Å². The molecule has 1 heterocycles. The highest BCUT2D eigenvalue weighted by Gasteiger charge is 2.40. The quantitative estimate of drug-likeness (QED) is 0.742. The van der Waals surface area contributed by atoms with Crippen LogP contribution in [0.4, 0.5) is 5.69 Å². The first-order valence-corrected chi connectivity index (χ1v) is 11.4. The molecule has 2 saturated carbocycles. The van der Waals surface area contributed by atoms with Crippen LogP contribution in [0.25, 0.3) is 0 Å². The van der Waals surface area contributed by atoms with E-state index in [2.05, 4.69) is 12.2 Å². The number of aryl methyl sites for hydroxylation is 1. The smallest absolute Gasteiger partial charge is 0.253 e. The number of nitrogens with two attached hydrogens (primary N) is 1. The average Bonchev–Trinajstić information content (AvgIpc) is 2.68. The van der Waals surface area contributed by atoms with Gasteiger partial charge in [0.1, 0.15) is 0 Å². The average molecular weight is 434 g/mol. The number of rotatable bonds is 3. The standard InChI is InChI=1S/C24H35N3O2.ClH/c1-15-5-4-10-27(14-15)24(29)19-8-9-21(16(2)11-19)26-23(28)20-12-17-6-3-7-18(13-20)22(17)25;/h8-9,11,15,17-18,20,22H,3-7,10,12-14,25H2,1-2H3,(H,26,28);1H. The van der Waals surface area contributed by atoms with Crippen molar-refractivity contribution in [2.24, 2.45) is 29.4 Å². The minimum atomic E-state index is 0. The lowest BCUT2D eigenvalue weighted by molar-refractivity contribution is -0.122. The summed E-state index contributed by atoms with van der Waals surface area (Å²) in [5.74, 6) is 1.82. The predicted octanol–water partition coefficient (Wildman–Crippen LogP) is 4.38. The fourth-order valence-electron chi connectivity index (χ4n) is 5.73. The largest absolute Gasteiger partial charge is 0.338 e. The second-order valence-corrected chi connectivity index (χ2v) is 9.71. The summed E-state index contributed by atoms with van der Waals surface area (Å²) in [6, 6.07) is 5.94. The van der Waals surface area contributed by atoms with Gasteiger partial charge in [-0.05, 0) is 87.0 Å². The van der Waals surface area contributed by atoms with E-state index in [0.717, 1.165) is 56.4 Å². The maximum Gasteiger partial charge on any atom is 0.253 e. The van der Waals surface area contributed by atoms with Crippen LogP contribution in [-0.4, -0.2) is 35.8 Å². The molecule has 0 aromatic heterocycles. The summed E-state index contributed by atoms with van der Waals surface area (Å²) >= 11 is 0. The molecule has 3 unspecified atom stereocenters. The Morgan fingerprint density at radius 2 is 1.80 bits per heavy atom. The van der Waals surface area contributed by atoms with E-state index in [1.54, 1.807) is 0 Å². The van der Waals surface area contributed by atoms with Crippen molar-refractivity contribution in [1.82, 2.24) is 4.90 Å². The summed E-state index contributed by atoms with van der Waals surface area (Å²) in [5, 5.41) is 3.13. The first-order chi connectivity index (χ1) is 13.9. The molecule has 2 amide bonds. The van der Waals surface area contributed by atoms with Crippen molar-refractivity contribution in [2.45, 2.75) is 64.8 Å². The second-order valence-electron chi connectivity index (χ2n) is 9.71. The molecule has 30 heavy (non-hydrogen) atoms. The van der Waals surface area contributed by atoms with E-state index < -0.39 is 0 Å². The van der Waals surface area contributed by atoms with E-state index in [-0.39, 0.29) is 36.2 Å². The third kappa shape index (κ3) is 4.83. The normalized spacial score (nSPS) is 30.9. The summed E-state index contributed by atoms with van der Waals surface area (Å²) < 4.78 is 0. The van der Waals surface area contributed by atoms with E-state index in [1.807, 2.05) is 30.0 Å². The Hall–Kier alpha value is -1.59. The van der Waals surface area contributed by atoms with Gasteiger partial charge in [0.2, 0.25) is 5.91 Å². The number of anilines is 1. The van der Waals surface area contributed by atoms with Crippen LogP contribution in [0.2, 0.25) is 0 Å². The third-order valence-corrected chi connectivity index (χ3v) is 7.46. The molecule has 1 saturated heterocycles. The molecular weight excluding hydrogens is 398 g/mol. The summed E-state index contributed by atoms with van der Waals surface area (Å²) in [6.07, 6.45) is 7.66. The van der Waals surface area contributed by atoms with Crippen molar-refractivity contribution in [3.8, 4) is 0 Å². The van der Waals surface area contributed by atoms with Gasteiger partial charge in [-0.25, -0.2) is 0 Å². The lowest BCUT2D eigenvalue weighted by Crippen LogP contribution is -2.48. The molecule has 3 aliphatic rings. The molecular formula is C24H36ClN3O2. The van der Waals surface area contributed by atoms with E-state index in [9.17, 15) is 9.59 Å². The number of carbonyl (C=O) groups is 2. The van der Waals surface area contributed by atoms with Crippen LogP contribution in [0.3, 0.4) is 0 Å². The molecule has 0 radical (unpaired) electrons. The first kappa shape index (κ1) is 23.1. The van der Waals surface area contributed by atoms with Gasteiger partial charge in [0.05, 0.1) is 0 Å². The molecule has 3 fully saturated rings. The highest BCUT2D eigenvalue weighted by molar-refractivity contribution is 5.97. The van der Waals surface area contributed by atoms with Crippen molar-refractivity contribution in [2.75, 3.05) is 18.4 Å². The molecule has 166 valence electrons. The Bertz CT molecular complexity index is 770. The molecule has 3 atom stereocenters. The minimum absolute atomic E-state index is 0. The van der Waals surface area contributed by atoms with Gasteiger partial charge >= 0.3 is 0 Å². The minimum Gasteiger partial charge on any atom is -0.338 e. The number of likely N-dealkylation sites (tertiary alicyclic amines) is 1. The molecule has 3 N–H and O–H groups in total. The van der Waals surface area contributed by atoms with Gasteiger partial charge in [-0.1, -0.05) is 13.3 Å². The van der Waals surface area contributed by atoms with Crippen molar-refractivity contribution in [3.63, 3.8) is 0 Å². The van der Waals surface area contributed by atoms with Gasteiger partial charge in [-0.15, -0.1) is 12.4 Å². The number of amides is 2. The fourth-order valence-corrected chi connectivity index (χ4v) is 5.73. The molecule has 0 spiro atoms. The number of carbonyl (C=O) groups excluding carboxylic acids is 2. The Labute approximate surface area is 186 Å². The van der Waals surface area contributed by atoms with Crippen molar-refractivity contribution < 1.29 is 9.59 Å². The fraction of sp³-hybridized carbons (Fsp3) is 0.667. The Kier molecular flexibility index (Phi) is 7.46. The van der Waals surface area contributed by atoms with E-state index in [1.165, 1.54) is 12.8 Å². The zero-order valence-corrected chi connectivity index (χ0v) is 19.0. The summed E-state index contributed by atoms with van der Waals surface area (Å²) in [7, 11) is 0. The third-order valence-electron chi connectivity index (χ3n) is 7.46. The number of hydrogen-bond donors (Lipinski definition) is 2. The number of benzene rings is 1. The molecule has 4 rings (SSSR count). The lowest BCUT2D eigenvalue weighted by atomic mass is 9.65. The second kappa shape index (κ2) is 9.69. The predicted molar refractivity (Wildman–Crippen MR) is 123 cm³/mol. The number of piperidine rings is 1. The molecule has 1 aromatic rings. The van der Waals surface area contributed by atoms with Gasteiger partial charge in [0, 0.05) is 36.3 Å². The number of nitrogens with one attached hydrogen (secondary N) is 1. The van der Waals surface area contributed by atoms with Crippen molar-refractivity contribution in [1.29, 1.82) is 0 Å². The molecule has 5 nitrogen and oxygen atoms in total. The van der Waals surface area contributed by atoms with E-state index in [4.69, 9.17) is 5.73 Å². The molecule has 1 aromatic carbocycles. The summed E-state index contributed by atoms with van der Waals surface area (Å²) in [4.78, 5) is 27.7. The number of nitrogens with zero attached hydrogens (tertiary/aromatic N) is 1. The molecule has 1 aliphatic heterocycles. The van der Waals surface area contributed by atoms with Gasteiger partial charge in [0.15, 0.2) is 0 Å². The number of hydrogen-bond acceptors (Lipinski definition) is 3. The SMILES string of the molecule is Cc1cc(C(=O)N2CCCC(C)C2)ccc1NC(=O)C1CC2CCCC(C1)C2N.Cl. The van der Waals surface area contributed by atoms with Crippen LogP contribution in [0.15, 0.2) is 18.2 Å². The van der Waals surface area contributed by atoms with Crippen LogP contribution in [0, 0.1) is 30.6 Å². The Morgan fingerprint density at radius 1 is 1.10 bits per heavy atom. The van der Waals surface area contributed by atoms with Crippen LogP contribution in [-0.2, 0) is 4.79 Å². The van der Waals surface area contributed by atoms with Crippen molar-refractivity contribution >= 4 is 29.9 Å². The van der Waals surface area contributed by atoms with E-state index >= 15 is 0 Å². The molecule has 6 heteroatoms. The molecule has 2 bridgehead atoms. The number of fused-ring (bicyclic) bond motifs is 2. The maximum atomic E-state index is 12.9. The first-order valence-electron chi connectivity index (χ1n) is 11.4. The lowest BCUT2D eigenvalue weighted by Gasteiger charge is -2.43. The zero-order valence-electron chi connectivity index (χ0n) is 18.2. The Balaban J connectivity index is 0.00000256. The zero-order chi connectivity index (χ0) is 20.5. The van der Waals surface area contributed by atoms with Crippen LogP contribution < -0.4 is 11.1 Å². The van der Waals surface area contributed by atoms with Crippen LogP contribution in [0.5, 0.6) is 0 Å². The van der Waals surface area contributed by atoms with Gasteiger partial charge in [0.25, 0.3) is 5.91 Å². The van der Waals surface area contributed by atoms with Gasteiger partial charge < -0.3 is 16.0 Å². The van der Waals surface area contributed by atoms with Gasteiger partial charge in [-0.2, -0.15) is 0 Å². The molecule has 2 aliphatic carbocycles. The highest BCUT2D eigenvalue weighted by Crippen LogP contribution is 2.42.